The molecule has 4 rings (SSSR count). The van der Waals surface area contributed by atoms with Crippen LogP contribution in [0.5, 0.6) is 0 Å². The van der Waals surface area contributed by atoms with E-state index >= 15 is 0 Å². The molecule has 0 amide bonds. The summed E-state index contributed by atoms with van der Waals surface area (Å²) in [6, 6.07) is 0. The van der Waals surface area contributed by atoms with Crippen molar-refractivity contribution in [1.82, 2.24) is 0 Å². The standard InChI is InChI=1S/C28H44O5/c1-15-16(2)28-17(3)20(15)13-21(30)24(28)27(18(4)32-19(5)29)12-10-11-25(6,7)22(27)14-23(28)33-26(8,9)31/h17-18,20-24,30-31H,1-2,10-14H2,3-9H3/t17-,18+,20+,21+,22-,23-,24+,27+,28-/m1/s1. The summed E-state index contributed by atoms with van der Waals surface area (Å²) in [5.41, 5.74) is 0.993. The molecule has 4 aliphatic carbocycles. The van der Waals surface area contributed by atoms with E-state index in [1.165, 1.54) is 6.92 Å². The minimum absolute atomic E-state index is 0.0216. The summed E-state index contributed by atoms with van der Waals surface area (Å²) < 4.78 is 12.5. The molecule has 5 heteroatoms. The van der Waals surface area contributed by atoms with Crippen molar-refractivity contribution in [1.29, 1.82) is 0 Å². The van der Waals surface area contributed by atoms with Gasteiger partial charge in [0.15, 0.2) is 5.79 Å². The Hall–Kier alpha value is -1.17. The van der Waals surface area contributed by atoms with Crippen LogP contribution >= 0.6 is 0 Å². The van der Waals surface area contributed by atoms with E-state index in [0.717, 1.165) is 36.8 Å². The Labute approximate surface area is 199 Å². The lowest BCUT2D eigenvalue weighted by molar-refractivity contribution is -0.311. The zero-order valence-corrected chi connectivity index (χ0v) is 21.6. The van der Waals surface area contributed by atoms with Crippen LogP contribution in [-0.2, 0) is 14.3 Å². The quantitative estimate of drug-likeness (QED) is 0.455. The molecule has 186 valence electrons. The first kappa shape index (κ1) is 24.9. The zero-order chi connectivity index (χ0) is 24.7. The molecule has 2 N–H and O–H groups in total. The average molecular weight is 461 g/mol. The number of aliphatic hydroxyl groups is 2. The van der Waals surface area contributed by atoms with Crippen molar-refractivity contribution >= 4 is 5.97 Å². The molecule has 0 aromatic heterocycles. The largest absolute Gasteiger partial charge is 0.462 e. The molecule has 0 aromatic carbocycles. The highest BCUT2D eigenvalue weighted by Crippen LogP contribution is 2.76. The van der Waals surface area contributed by atoms with E-state index in [1.54, 1.807) is 13.8 Å². The van der Waals surface area contributed by atoms with E-state index in [0.29, 0.717) is 6.42 Å². The van der Waals surface area contributed by atoms with Gasteiger partial charge in [-0.15, -0.1) is 0 Å². The highest BCUT2D eigenvalue weighted by atomic mass is 16.6. The molecule has 0 saturated heterocycles. The number of hydrogen-bond acceptors (Lipinski definition) is 5. The lowest BCUT2D eigenvalue weighted by Gasteiger charge is -2.70. The van der Waals surface area contributed by atoms with Crippen molar-refractivity contribution in [3.05, 3.63) is 24.3 Å². The van der Waals surface area contributed by atoms with Crippen molar-refractivity contribution in [3.63, 3.8) is 0 Å². The van der Waals surface area contributed by atoms with Crippen molar-refractivity contribution in [2.45, 2.75) is 105 Å². The molecular formula is C28H44O5. The van der Waals surface area contributed by atoms with E-state index in [1.807, 2.05) is 6.92 Å². The minimum Gasteiger partial charge on any atom is -0.462 e. The molecule has 1 spiro atoms. The van der Waals surface area contributed by atoms with Crippen LogP contribution in [0.4, 0.5) is 0 Å². The van der Waals surface area contributed by atoms with Gasteiger partial charge in [0.25, 0.3) is 0 Å². The van der Waals surface area contributed by atoms with Gasteiger partial charge >= 0.3 is 5.97 Å². The number of carbonyl (C=O) groups excluding carboxylic acids is 1. The first-order chi connectivity index (χ1) is 15.1. The predicted molar refractivity (Wildman–Crippen MR) is 128 cm³/mol. The Balaban J connectivity index is 2.00. The van der Waals surface area contributed by atoms with Gasteiger partial charge in [0.1, 0.15) is 6.10 Å². The van der Waals surface area contributed by atoms with E-state index in [4.69, 9.17) is 9.47 Å². The first-order valence-corrected chi connectivity index (χ1v) is 12.7. The third kappa shape index (κ3) is 3.32. The second kappa shape index (κ2) is 7.66. The van der Waals surface area contributed by atoms with Crippen LogP contribution in [0, 0.1) is 39.9 Å². The summed E-state index contributed by atoms with van der Waals surface area (Å²) in [5.74, 6) is -1.31. The average Bonchev–Trinajstić information content (AvgIpc) is 2.77. The molecule has 0 heterocycles. The molecule has 0 aliphatic heterocycles. The number of esters is 1. The molecule has 9 atom stereocenters. The van der Waals surface area contributed by atoms with Crippen molar-refractivity contribution in [2.75, 3.05) is 0 Å². The lowest BCUT2D eigenvalue weighted by Crippen LogP contribution is -2.71. The van der Waals surface area contributed by atoms with Crippen LogP contribution in [0.2, 0.25) is 0 Å². The zero-order valence-electron chi connectivity index (χ0n) is 21.6. The fraction of sp³-hybridized carbons (Fsp3) is 0.821. The Morgan fingerprint density at radius 1 is 1.21 bits per heavy atom. The molecule has 4 fully saturated rings. The Morgan fingerprint density at radius 3 is 2.42 bits per heavy atom. The fourth-order valence-corrected chi connectivity index (χ4v) is 9.27. The second-order valence-corrected chi connectivity index (χ2v) is 12.7. The smallest absolute Gasteiger partial charge is 0.302 e. The van der Waals surface area contributed by atoms with E-state index in [-0.39, 0.29) is 47.3 Å². The highest BCUT2D eigenvalue weighted by molar-refractivity contribution is 5.66. The third-order valence-corrected chi connectivity index (χ3v) is 10.2. The maximum Gasteiger partial charge on any atom is 0.302 e. The van der Waals surface area contributed by atoms with Gasteiger partial charge in [-0.05, 0) is 80.8 Å². The second-order valence-electron chi connectivity index (χ2n) is 12.7. The number of ether oxygens (including phenoxy) is 2. The molecule has 4 aliphatic rings. The van der Waals surface area contributed by atoms with Gasteiger partial charge in [-0.1, -0.05) is 40.3 Å². The SMILES string of the molecule is C=C1C(=C)[C@]23[C@H](C)[C@H]1C[C@H](O)[C@H]2[C@]1([C@H](C)OC(C)=O)CCCC(C)(C)[C@H]1C[C@H]3OC(C)(C)O. The topological polar surface area (TPSA) is 76.0 Å². The summed E-state index contributed by atoms with van der Waals surface area (Å²) in [6.07, 6.45) is 3.14. The van der Waals surface area contributed by atoms with E-state index in [9.17, 15) is 15.0 Å². The summed E-state index contributed by atoms with van der Waals surface area (Å²) >= 11 is 0. The monoisotopic (exact) mass is 460 g/mol. The van der Waals surface area contributed by atoms with Crippen molar-refractivity contribution < 1.29 is 24.5 Å². The predicted octanol–water partition coefficient (Wildman–Crippen LogP) is 5.01. The number of aliphatic hydroxyl groups excluding tert-OH is 1. The van der Waals surface area contributed by atoms with E-state index < -0.39 is 22.7 Å². The molecule has 4 saturated carbocycles. The number of fused-ring (bicyclic) bond motifs is 3. The van der Waals surface area contributed by atoms with Crippen LogP contribution in [0.15, 0.2) is 24.3 Å². The maximum atomic E-state index is 12.2. The molecule has 5 nitrogen and oxygen atoms in total. The number of rotatable bonds is 4. The molecule has 0 unspecified atom stereocenters. The van der Waals surface area contributed by atoms with Gasteiger partial charge in [-0.25, -0.2) is 0 Å². The molecular weight excluding hydrogens is 416 g/mol. The van der Waals surface area contributed by atoms with Crippen LogP contribution < -0.4 is 0 Å². The summed E-state index contributed by atoms with van der Waals surface area (Å²) in [4.78, 5) is 12.2. The lowest BCUT2D eigenvalue weighted by atomic mass is 9.36. The summed E-state index contributed by atoms with van der Waals surface area (Å²) in [7, 11) is 0. The fourth-order valence-electron chi connectivity index (χ4n) is 9.27. The molecule has 0 radical (unpaired) electrons. The normalized spacial score (nSPS) is 45.2. The number of allylic oxidation sites excluding steroid dienone is 1. The van der Waals surface area contributed by atoms with Crippen LogP contribution in [0.1, 0.15) is 80.6 Å². The third-order valence-electron chi connectivity index (χ3n) is 10.2. The molecule has 33 heavy (non-hydrogen) atoms. The van der Waals surface area contributed by atoms with Gasteiger partial charge in [0, 0.05) is 23.7 Å². The Morgan fingerprint density at radius 2 is 1.85 bits per heavy atom. The van der Waals surface area contributed by atoms with Crippen LogP contribution in [0.3, 0.4) is 0 Å². The van der Waals surface area contributed by atoms with Gasteiger partial charge in [0.05, 0.1) is 12.2 Å². The van der Waals surface area contributed by atoms with Crippen LogP contribution in [0.25, 0.3) is 0 Å². The molecule has 0 aromatic rings. The summed E-state index contributed by atoms with van der Waals surface area (Å²) in [5, 5.41) is 22.7. The van der Waals surface area contributed by atoms with Crippen molar-refractivity contribution in [3.8, 4) is 0 Å². The Kier molecular flexibility index (Phi) is 5.79. The van der Waals surface area contributed by atoms with Gasteiger partial charge in [-0.3, -0.25) is 4.79 Å². The van der Waals surface area contributed by atoms with Gasteiger partial charge < -0.3 is 19.7 Å². The van der Waals surface area contributed by atoms with Gasteiger partial charge in [-0.2, -0.15) is 0 Å². The minimum atomic E-state index is -1.31. The van der Waals surface area contributed by atoms with Gasteiger partial charge in [0.2, 0.25) is 0 Å². The number of hydrogen-bond donors (Lipinski definition) is 2. The maximum absolute atomic E-state index is 12.2. The van der Waals surface area contributed by atoms with Crippen LogP contribution in [-0.4, -0.2) is 40.3 Å². The summed E-state index contributed by atoms with van der Waals surface area (Å²) in [6.45, 7) is 22.7. The molecule has 2 bridgehead atoms. The highest BCUT2D eigenvalue weighted by Gasteiger charge is 2.75. The Bertz CT molecular complexity index is 853. The van der Waals surface area contributed by atoms with E-state index in [2.05, 4.69) is 33.9 Å². The number of carbonyl (C=O) groups is 1. The first-order valence-electron chi connectivity index (χ1n) is 12.7. The van der Waals surface area contributed by atoms with Crippen molar-refractivity contribution in [2.24, 2.45) is 39.9 Å².